The molecule has 0 saturated carbocycles. The van der Waals surface area contributed by atoms with Gasteiger partial charge in [-0.05, 0) is 47.5 Å². The van der Waals surface area contributed by atoms with Gasteiger partial charge in [0, 0.05) is 11.0 Å². The summed E-state index contributed by atoms with van der Waals surface area (Å²) < 4.78 is 27.5. The van der Waals surface area contributed by atoms with Crippen LogP contribution in [0, 0.1) is 13.8 Å². The first-order valence-electron chi connectivity index (χ1n) is 6.02. The summed E-state index contributed by atoms with van der Waals surface area (Å²) in [5, 5.41) is 7.57. The van der Waals surface area contributed by atoms with E-state index in [0.29, 0.717) is 21.4 Å². The lowest BCUT2D eigenvalue weighted by atomic mass is 10.2. The molecule has 1 aromatic heterocycles. The molecule has 2 rings (SSSR count). The van der Waals surface area contributed by atoms with E-state index in [2.05, 4.69) is 35.8 Å². The smallest absolute Gasteiger partial charge is 0.265 e. The maximum absolute atomic E-state index is 12.4. The fourth-order valence-corrected chi connectivity index (χ4v) is 3.51. The van der Waals surface area contributed by atoms with Crippen LogP contribution in [0.15, 0.2) is 27.6 Å². The average Bonchev–Trinajstić information content (AvgIpc) is 2.43. The Morgan fingerprint density at radius 3 is 2.57 bits per heavy atom. The number of nitrogens with one attached hydrogen (secondary N) is 1. The number of aromatic nitrogens is 3. The molecule has 0 aliphatic heterocycles. The van der Waals surface area contributed by atoms with Gasteiger partial charge in [0.2, 0.25) is 0 Å². The van der Waals surface area contributed by atoms with Gasteiger partial charge in [-0.2, -0.15) is 5.10 Å². The standard InChI is InChI=1S/C12H14BrN5O2S/c1-7-8(2)16-17-12(15-7)18-21(19,20)11-5-9(6-14)3-4-10(11)13/h3-5H,6,14H2,1-2H3,(H,15,17,18). The van der Waals surface area contributed by atoms with E-state index in [1.807, 2.05) is 0 Å². The van der Waals surface area contributed by atoms with E-state index in [1.54, 1.807) is 26.0 Å². The molecule has 0 saturated heterocycles. The van der Waals surface area contributed by atoms with Crippen molar-refractivity contribution in [3.05, 3.63) is 39.6 Å². The highest BCUT2D eigenvalue weighted by atomic mass is 79.9. The van der Waals surface area contributed by atoms with E-state index in [0.717, 1.165) is 0 Å². The summed E-state index contributed by atoms with van der Waals surface area (Å²) in [6, 6.07) is 4.88. The predicted molar refractivity (Wildman–Crippen MR) is 82.1 cm³/mol. The molecule has 0 bridgehead atoms. The first-order chi connectivity index (χ1) is 9.83. The van der Waals surface area contributed by atoms with E-state index in [4.69, 9.17) is 5.73 Å². The first kappa shape index (κ1) is 15.8. The van der Waals surface area contributed by atoms with Crippen molar-refractivity contribution in [2.24, 2.45) is 5.73 Å². The summed E-state index contributed by atoms with van der Waals surface area (Å²) in [6.45, 7) is 3.72. The van der Waals surface area contributed by atoms with Crippen LogP contribution in [-0.4, -0.2) is 23.6 Å². The lowest BCUT2D eigenvalue weighted by molar-refractivity contribution is 0.600. The molecule has 0 fully saturated rings. The molecule has 1 aromatic carbocycles. The Bertz CT molecular complexity index is 779. The van der Waals surface area contributed by atoms with Crippen LogP contribution in [0.2, 0.25) is 0 Å². The van der Waals surface area contributed by atoms with Crippen molar-refractivity contribution in [3.8, 4) is 0 Å². The van der Waals surface area contributed by atoms with Gasteiger partial charge in [0.25, 0.3) is 16.0 Å². The first-order valence-corrected chi connectivity index (χ1v) is 8.30. The Morgan fingerprint density at radius 1 is 1.24 bits per heavy atom. The second-order valence-electron chi connectivity index (χ2n) is 4.38. The van der Waals surface area contributed by atoms with Crippen LogP contribution in [0.5, 0.6) is 0 Å². The molecular weight excluding hydrogens is 358 g/mol. The quantitative estimate of drug-likeness (QED) is 0.842. The third-order valence-electron chi connectivity index (χ3n) is 2.84. The van der Waals surface area contributed by atoms with Crippen molar-refractivity contribution in [1.29, 1.82) is 0 Å². The molecule has 0 aliphatic rings. The largest absolute Gasteiger partial charge is 0.326 e. The second kappa shape index (κ2) is 6.04. The number of aryl methyl sites for hydroxylation is 2. The van der Waals surface area contributed by atoms with Gasteiger partial charge in [0.1, 0.15) is 4.90 Å². The van der Waals surface area contributed by atoms with Crippen LogP contribution in [-0.2, 0) is 16.6 Å². The summed E-state index contributed by atoms with van der Waals surface area (Å²) in [5.41, 5.74) is 7.49. The SMILES string of the molecule is Cc1nnc(NS(=O)(=O)c2cc(CN)ccc2Br)nc1C. The molecule has 2 aromatic rings. The van der Waals surface area contributed by atoms with E-state index >= 15 is 0 Å². The third-order valence-corrected chi connectivity index (χ3v) is 5.16. The molecule has 0 amide bonds. The highest BCUT2D eigenvalue weighted by molar-refractivity contribution is 9.10. The van der Waals surface area contributed by atoms with Gasteiger partial charge < -0.3 is 5.73 Å². The van der Waals surface area contributed by atoms with Gasteiger partial charge in [0.15, 0.2) is 0 Å². The molecule has 0 unspecified atom stereocenters. The minimum absolute atomic E-state index is 0.0665. The average molecular weight is 372 g/mol. The molecule has 0 atom stereocenters. The Morgan fingerprint density at radius 2 is 1.95 bits per heavy atom. The molecular formula is C12H14BrN5O2S. The molecule has 1 heterocycles. The third kappa shape index (κ3) is 3.55. The van der Waals surface area contributed by atoms with Crippen LogP contribution in [0.3, 0.4) is 0 Å². The van der Waals surface area contributed by atoms with E-state index in [9.17, 15) is 8.42 Å². The number of nitrogens with two attached hydrogens (primary N) is 1. The highest BCUT2D eigenvalue weighted by Crippen LogP contribution is 2.24. The molecule has 0 aliphatic carbocycles. The zero-order chi connectivity index (χ0) is 15.6. The summed E-state index contributed by atoms with van der Waals surface area (Å²) in [7, 11) is -3.82. The molecule has 112 valence electrons. The van der Waals surface area contributed by atoms with Crippen LogP contribution in [0.1, 0.15) is 17.0 Å². The van der Waals surface area contributed by atoms with Crippen molar-refractivity contribution in [1.82, 2.24) is 15.2 Å². The van der Waals surface area contributed by atoms with Gasteiger partial charge in [0.05, 0.1) is 11.4 Å². The Labute approximate surface area is 131 Å². The predicted octanol–water partition coefficient (Wildman–Crippen LogP) is 1.51. The molecule has 21 heavy (non-hydrogen) atoms. The monoisotopic (exact) mass is 371 g/mol. The van der Waals surface area contributed by atoms with Crippen LogP contribution < -0.4 is 10.5 Å². The maximum Gasteiger partial charge on any atom is 0.265 e. The maximum atomic E-state index is 12.4. The van der Waals surface area contributed by atoms with Crippen molar-refractivity contribution in [2.45, 2.75) is 25.3 Å². The Hall–Kier alpha value is -1.58. The van der Waals surface area contributed by atoms with Gasteiger partial charge >= 0.3 is 0 Å². The fraction of sp³-hybridized carbons (Fsp3) is 0.250. The van der Waals surface area contributed by atoms with Crippen molar-refractivity contribution in [3.63, 3.8) is 0 Å². The Kier molecular flexibility index (Phi) is 4.55. The van der Waals surface area contributed by atoms with Crippen LogP contribution >= 0.6 is 15.9 Å². The number of rotatable bonds is 4. The topological polar surface area (TPSA) is 111 Å². The number of halogens is 1. The highest BCUT2D eigenvalue weighted by Gasteiger charge is 2.20. The van der Waals surface area contributed by atoms with E-state index in [-0.39, 0.29) is 17.4 Å². The van der Waals surface area contributed by atoms with Gasteiger partial charge in [-0.3, -0.25) is 0 Å². The summed E-state index contributed by atoms with van der Waals surface area (Å²) >= 11 is 3.22. The van der Waals surface area contributed by atoms with Gasteiger partial charge in [-0.25, -0.2) is 18.1 Å². The number of sulfonamides is 1. The van der Waals surface area contributed by atoms with Gasteiger partial charge in [-0.15, -0.1) is 5.10 Å². The molecule has 0 radical (unpaired) electrons. The lowest BCUT2D eigenvalue weighted by Crippen LogP contribution is -2.17. The molecule has 7 nitrogen and oxygen atoms in total. The molecule has 3 N–H and O–H groups in total. The van der Waals surface area contributed by atoms with E-state index in [1.165, 1.54) is 6.07 Å². The second-order valence-corrected chi connectivity index (χ2v) is 6.89. The van der Waals surface area contributed by atoms with Crippen LogP contribution in [0.4, 0.5) is 5.95 Å². The van der Waals surface area contributed by atoms with Crippen molar-refractivity contribution < 1.29 is 8.42 Å². The summed E-state index contributed by atoms with van der Waals surface area (Å²) in [5.74, 6) is -0.0665. The molecule has 9 heteroatoms. The fourth-order valence-electron chi connectivity index (χ4n) is 1.56. The number of hydrogen-bond donors (Lipinski definition) is 2. The zero-order valence-corrected chi connectivity index (χ0v) is 13.9. The summed E-state index contributed by atoms with van der Waals surface area (Å²) in [4.78, 5) is 4.13. The molecule has 0 spiro atoms. The zero-order valence-electron chi connectivity index (χ0n) is 11.5. The minimum atomic E-state index is -3.82. The Balaban J connectivity index is 2.40. The van der Waals surface area contributed by atoms with Crippen molar-refractivity contribution >= 4 is 31.9 Å². The van der Waals surface area contributed by atoms with Crippen molar-refractivity contribution in [2.75, 3.05) is 4.72 Å². The number of hydrogen-bond acceptors (Lipinski definition) is 6. The number of benzene rings is 1. The van der Waals surface area contributed by atoms with Crippen LogP contribution in [0.25, 0.3) is 0 Å². The minimum Gasteiger partial charge on any atom is -0.326 e. The van der Waals surface area contributed by atoms with E-state index < -0.39 is 10.0 Å². The lowest BCUT2D eigenvalue weighted by Gasteiger charge is -2.10. The summed E-state index contributed by atoms with van der Waals surface area (Å²) in [6.07, 6.45) is 0. The normalized spacial score (nSPS) is 11.4. The van der Waals surface area contributed by atoms with Gasteiger partial charge in [-0.1, -0.05) is 6.07 Å². The number of anilines is 1. The number of nitrogens with zero attached hydrogens (tertiary/aromatic N) is 3.